The summed E-state index contributed by atoms with van der Waals surface area (Å²) >= 11 is 3.46. The number of hydrogen-bond acceptors (Lipinski definition) is 6. The van der Waals surface area contributed by atoms with Crippen molar-refractivity contribution in [3.05, 3.63) is 29.8 Å². The standard InChI is InChI=1S/C17H22N4O2S2.HI/c1-18-16(19-6-2-10-24-17-20-7-11-25-17)21-13-4-5-14-15(12-13)23-9-3-8-22-14;/h4-5,7,11-12H,2-3,6,8-10H2,1H3,(H2,18,19,21);1H. The number of thioether (sulfide) groups is 1. The van der Waals surface area contributed by atoms with Crippen molar-refractivity contribution in [2.75, 3.05) is 37.9 Å². The van der Waals surface area contributed by atoms with Gasteiger partial charge in [0.15, 0.2) is 17.5 Å². The lowest BCUT2D eigenvalue weighted by Gasteiger charge is -2.13. The van der Waals surface area contributed by atoms with Crippen molar-refractivity contribution in [3.8, 4) is 11.5 Å². The van der Waals surface area contributed by atoms with E-state index in [9.17, 15) is 0 Å². The predicted octanol–water partition coefficient (Wildman–Crippen LogP) is 4.09. The molecule has 0 saturated heterocycles. The Kier molecular flexibility index (Phi) is 9.33. The van der Waals surface area contributed by atoms with Crippen LogP contribution in [0.4, 0.5) is 5.69 Å². The molecule has 0 aliphatic carbocycles. The van der Waals surface area contributed by atoms with Crippen molar-refractivity contribution in [2.45, 2.75) is 17.2 Å². The number of aromatic nitrogens is 1. The Labute approximate surface area is 179 Å². The summed E-state index contributed by atoms with van der Waals surface area (Å²) in [5, 5.41) is 8.62. The molecule has 1 aromatic heterocycles. The van der Waals surface area contributed by atoms with Crippen molar-refractivity contribution in [2.24, 2.45) is 4.99 Å². The molecule has 26 heavy (non-hydrogen) atoms. The Morgan fingerprint density at radius 2 is 2.15 bits per heavy atom. The molecule has 0 bridgehead atoms. The highest BCUT2D eigenvalue weighted by Gasteiger charge is 2.11. The average molecular weight is 506 g/mol. The molecule has 1 aliphatic heterocycles. The fourth-order valence-electron chi connectivity index (χ4n) is 2.28. The molecule has 3 rings (SSSR count). The number of nitrogens with zero attached hydrogens (tertiary/aromatic N) is 2. The van der Waals surface area contributed by atoms with Gasteiger partial charge in [0.25, 0.3) is 0 Å². The summed E-state index contributed by atoms with van der Waals surface area (Å²) in [4.78, 5) is 8.53. The van der Waals surface area contributed by atoms with Gasteiger partial charge in [0.2, 0.25) is 0 Å². The number of ether oxygens (including phenoxy) is 2. The van der Waals surface area contributed by atoms with Gasteiger partial charge in [-0.1, -0.05) is 11.8 Å². The maximum absolute atomic E-state index is 5.72. The minimum Gasteiger partial charge on any atom is -0.490 e. The van der Waals surface area contributed by atoms with Gasteiger partial charge >= 0.3 is 0 Å². The van der Waals surface area contributed by atoms with E-state index in [1.54, 1.807) is 30.1 Å². The van der Waals surface area contributed by atoms with Gasteiger partial charge in [-0.05, 0) is 18.6 Å². The number of anilines is 1. The molecule has 142 valence electrons. The Balaban J connectivity index is 0.00000243. The molecule has 2 N–H and O–H groups in total. The predicted molar refractivity (Wildman–Crippen MR) is 120 cm³/mol. The molecular weight excluding hydrogens is 483 g/mol. The maximum atomic E-state index is 5.72. The number of guanidine groups is 1. The zero-order valence-corrected chi connectivity index (χ0v) is 18.5. The van der Waals surface area contributed by atoms with Gasteiger partial charge < -0.3 is 20.1 Å². The zero-order valence-electron chi connectivity index (χ0n) is 14.6. The van der Waals surface area contributed by atoms with Crippen LogP contribution in [-0.4, -0.2) is 43.5 Å². The molecule has 1 aromatic carbocycles. The molecular formula is C17H23IN4O2S2. The molecule has 0 saturated carbocycles. The molecule has 9 heteroatoms. The molecule has 6 nitrogen and oxygen atoms in total. The Hall–Kier alpha value is -1.20. The molecule has 2 heterocycles. The first kappa shape index (κ1) is 21.1. The topological polar surface area (TPSA) is 67.8 Å². The number of fused-ring (bicyclic) bond motifs is 1. The first-order valence-electron chi connectivity index (χ1n) is 8.25. The fraction of sp³-hybridized carbons (Fsp3) is 0.412. The summed E-state index contributed by atoms with van der Waals surface area (Å²) in [5.74, 6) is 3.35. The summed E-state index contributed by atoms with van der Waals surface area (Å²) in [7, 11) is 1.77. The lowest BCUT2D eigenvalue weighted by atomic mass is 10.3. The molecule has 0 unspecified atom stereocenters. The van der Waals surface area contributed by atoms with Crippen molar-refractivity contribution in [1.29, 1.82) is 0 Å². The van der Waals surface area contributed by atoms with Crippen molar-refractivity contribution in [3.63, 3.8) is 0 Å². The van der Waals surface area contributed by atoms with Crippen LogP contribution in [0.25, 0.3) is 0 Å². The van der Waals surface area contributed by atoms with E-state index >= 15 is 0 Å². The third kappa shape index (κ3) is 6.51. The van der Waals surface area contributed by atoms with E-state index in [0.717, 1.165) is 52.6 Å². The van der Waals surface area contributed by atoms with Crippen molar-refractivity contribution in [1.82, 2.24) is 10.3 Å². The molecule has 0 atom stereocenters. The van der Waals surface area contributed by atoms with E-state index in [4.69, 9.17) is 9.47 Å². The Bertz CT molecular complexity index is 698. The highest BCUT2D eigenvalue weighted by molar-refractivity contribution is 14.0. The Morgan fingerprint density at radius 3 is 2.92 bits per heavy atom. The smallest absolute Gasteiger partial charge is 0.195 e. The normalized spacial score (nSPS) is 13.5. The van der Waals surface area contributed by atoms with E-state index in [1.165, 1.54) is 0 Å². The maximum Gasteiger partial charge on any atom is 0.195 e. The molecule has 0 spiro atoms. The number of aliphatic imine (C=N–C) groups is 1. The monoisotopic (exact) mass is 506 g/mol. The second kappa shape index (κ2) is 11.5. The number of hydrogen-bond donors (Lipinski definition) is 2. The van der Waals surface area contributed by atoms with Gasteiger partial charge in [-0.3, -0.25) is 4.99 Å². The molecule has 0 amide bonds. The van der Waals surface area contributed by atoms with Crippen molar-refractivity contribution >= 4 is 58.7 Å². The highest BCUT2D eigenvalue weighted by atomic mass is 127. The molecule has 1 aliphatic rings. The van der Waals surface area contributed by atoms with Gasteiger partial charge in [0.05, 0.1) is 13.2 Å². The van der Waals surface area contributed by atoms with E-state index < -0.39 is 0 Å². The van der Waals surface area contributed by atoms with Gasteiger partial charge in [-0.2, -0.15) is 0 Å². The summed E-state index contributed by atoms with van der Waals surface area (Å²) in [6.45, 7) is 2.23. The van der Waals surface area contributed by atoms with Crippen molar-refractivity contribution < 1.29 is 9.47 Å². The Morgan fingerprint density at radius 1 is 1.31 bits per heavy atom. The molecule has 0 fully saturated rings. The summed E-state index contributed by atoms with van der Waals surface area (Å²) in [6.07, 6.45) is 3.78. The van der Waals surface area contributed by atoms with Gasteiger partial charge in [-0.15, -0.1) is 35.3 Å². The first-order chi connectivity index (χ1) is 12.3. The second-order valence-corrected chi connectivity index (χ2v) is 7.57. The minimum absolute atomic E-state index is 0. The third-order valence-corrected chi connectivity index (χ3v) is 5.53. The zero-order chi connectivity index (χ0) is 17.3. The van der Waals surface area contributed by atoms with Crippen LogP contribution in [0.2, 0.25) is 0 Å². The molecule has 0 radical (unpaired) electrons. The van der Waals surface area contributed by atoms with Crippen LogP contribution in [-0.2, 0) is 0 Å². The quantitative estimate of drug-likeness (QED) is 0.202. The number of halogens is 1. The van der Waals surface area contributed by atoms with Crippen LogP contribution in [0.3, 0.4) is 0 Å². The summed E-state index contributed by atoms with van der Waals surface area (Å²) in [6, 6.07) is 5.85. The van der Waals surface area contributed by atoms with Gasteiger partial charge in [0.1, 0.15) is 4.34 Å². The largest absolute Gasteiger partial charge is 0.490 e. The van der Waals surface area contributed by atoms with E-state index in [2.05, 4.69) is 20.6 Å². The lowest BCUT2D eigenvalue weighted by Crippen LogP contribution is -2.31. The number of nitrogens with one attached hydrogen (secondary N) is 2. The van der Waals surface area contributed by atoms with Crippen LogP contribution >= 0.6 is 47.1 Å². The van der Waals surface area contributed by atoms with E-state index in [0.29, 0.717) is 13.2 Å². The average Bonchev–Trinajstić information content (AvgIpc) is 3.04. The SMILES string of the molecule is CN=C(NCCCSc1nccs1)Nc1ccc2c(c1)OCCCO2.I. The minimum atomic E-state index is 0. The van der Waals surface area contributed by atoms with Crippen LogP contribution in [0, 0.1) is 0 Å². The summed E-state index contributed by atoms with van der Waals surface area (Å²) < 4.78 is 12.5. The van der Waals surface area contributed by atoms with Gasteiger partial charge in [0, 0.05) is 49.1 Å². The highest BCUT2D eigenvalue weighted by Crippen LogP contribution is 2.32. The number of thiazole rings is 1. The first-order valence-corrected chi connectivity index (χ1v) is 10.1. The summed E-state index contributed by atoms with van der Waals surface area (Å²) in [5.41, 5.74) is 0.925. The number of rotatable bonds is 6. The fourth-order valence-corrected chi connectivity index (χ4v) is 3.92. The lowest BCUT2D eigenvalue weighted by molar-refractivity contribution is 0.297. The van der Waals surface area contributed by atoms with Gasteiger partial charge in [-0.25, -0.2) is 4.98 Å². The molecule has 2 aromatic rings. The second-order valence-electron chi connectivity index (χ2n) is 5.34. The van der Waals surface area contributed by atoms with Crippen LogP contribution < -0.4 is 20.1 Å². The van der Waals surface area contributed by atoms with Crippen LogP contribution in [0.5, 0.6) is 11.5 Å². The third-order valence-electron chi connectivity index (χ3n) is 3.48. The van der Waals surface area contributed by atoms with E-state index in [-0.39, 0.29) is 24.0 Å². The van der Waals surface area contributed by atoms with Crippen LogP contribution in [0.15, 0.2) is 39.1 Å². The van der Waals surface area contributed by atoms with E-state index in [1.807, 2.05) is 29.8 Å². The van der Waals surface area contributed by atoms with Crippen LogP contribution in [0.1, 0.15) is 12.8 Å². The number of benzene rings is 1.